The maximum absolute atomic E-state index is 12.3. The number of aromatic hydroxyl groups is 1. The SMILES string of the molecule is BrCCBr.C1COCCN1.CCS(=O)(=O)N1CC(CC#N)(n2cc(-c3nc(Nc4ccc(OCCN5CCOCC5)cc4)nc4ccsc34)cn2)C1.Cc1ccc(S(=O)(=O)O)cc1.Nc1ccc(OCCN2CCOCC2)cc1.O=CO[O-].O=CO[O-].O=[N+]([O-])c1ccc(O)cc1.O=[N+]([O-])c1ccc(OCCBr)cc1.O=[N+]([O-])c1ccc(OCCN2CCOCC2)cc1.[CH3-].[H-].[H-].[HH].[K+].[K+].[K+].[K+].[Pd]. The second-order valence-electron chi connectivity index (χ2n) is 26.8. The Morgan fingerprint density at radius 3 is 1.35 bits per heavy atom. The Hall–Kier alpha value is -3.13. The molecule has 0 saturated carbocycles. The second-order valence-corrected chi connectivity index (χ2v) is 33.8. The number of nitrogen functional groups attached to an aromatic ring is 1. The zero-order chi connectivity index (χ0) is 93.4. The third-order valence-electron chi connectivity index (χ3n) is 17.9. The Morgan fingerprint density at radius 2 is 1.00 bits per heavy atom. The number of phenolic OH excluding ortho intramolecular Hbond substituents is 1. The Bertz CT molecular complexity index is 4980. The fraction of sp³-hybridized carbons (Fsp3) is 0.402. The Morgan fingerprint density at radius 1 is 0.612 bits per heavy atom. The molecule has 134 heavy (non-hydrogen) atoms. The number of fused-ring (bicyclic) bond motifs is 1. The van der Waals surface area contributed by atoms with Crippen LogP contribution in [0, 0.1) is 56.0 Å². The summed E-state index contributed by atoms with van der Waals surface area (Å²) in [6, 6.07) is 42.5. The number of non-ortho nitro benzene ring substituents is 3. The number of phenols is 1. The third-order valence-corrected chi connectivity index (χ3v) is 23.6. The number of morpholine rings is 4. The third kappa shape index (κ3) is 53.8. The molecule has 0 aliphatic carbocycles. The minimum atomic E-state index is -4.02. The fourth-order valence-corrected chi connectivity index (χ4v) is 14.0. The molecule has 0 spiro atoms. The van der Waals surface area contributed by atoms with Gasteiger partial charge in [-0.25, -0.2) is 18.4 Å². The number of hydrogen-bond acceptors (Lipinski definition) is 36. The summed E-state index contributed by atoms with van der Waals surface area (Å²) in [6.07, 6.45) is 3.72. The first-order valence-corrected chi connectivity index (χ1v) is 46.6. The maximum Gasteiger partial charge on any atom is 1.00 e. The molecule has 0 bridgehead atoms. The summed E-state index contributed by atoms with van der Waals surface area (Å²) in [5.74, 6) is 3.48. The van der Waals surface area contributed by atoms with Gasteiger partial charge in [-0.05, 0) is 122 Å². The van der Waals surface area contributed by atoms with Gasteiger partial charge in [0.25, 0.3) is 40.1 Å². The quantitative estimate of drug-likeness (QED) is 0.00378. The molecule has 0 amide bonds. The van der Waals surface area contributed by atoms with E-state index < -0.39 is 40.5 Å². The van der Waals surface area contributed by atoms with E-state index >= 15 is 0 Å². The number of alkyl halides is 3. The molecule has 6 N–H and O–H groups in total. The molecule has 0 unspecified atom stereocenters. The van der Waals surface area contributed by atoms with Gasteiger partial charge in [0, 0.05) is 182 Å². The first kappa shape index (κ1) is 133. The van der Waals surface area contributed by atoms with Gasteiger partial charge in [-0.2, -0.15) is 23.1 Å². The number of nitro benzene ring substituents is 3. The number of ether oxygens (including phenoxy) is 8. The molecule has 5 aliphatic heterocycles. The number of sulfonamides is 1. The van der Waals surface area contributed by atoms with Crippen molar-refractivity contribution in [3.63, 3.8) is 0 Å². The van der Waals surface area contributed by atoms with Gasteiger partial charge in [0.1, 0.15) is 54.1 Å². The molecular weight excluding hydrogens is 2210 g/mol. The maximum atomic E-state index is 12.3. The number of benzene rings is 6. The largest absolute Gasteiger partial charge is 1.00 e. The molecule has 14 rings (SSSR count). The van der Waals surface area contributed by atoms with Crippen molar-refractivity contribution in [3.8, 4) is 46.1 Å². The molecule has 6 aromatic carbocycles. The van der Waals surface area contributed by atoms with Crippen molar-refractivity contribution in [1.29, 1.82) is 5.26 Å². The van der Waals surface area contributed by atoms with E-state index in [-0.39, 0.29) is 304 Å². The van der Waals surface area contributed by atoms with Crippen LogP contribution in [0.25, 0.3) is 21.5 Å². The molecule has 0 atom stereocenters. The number of rotatable bonds is 29. The molecular formula is C82H109Br3K4N15O26PdS3-. The number of nitrogens with one attached hydrogen (secondary N) is 2. The summed E-state index contributed by atoms with van der Waals surface area (Å²) in [6.45, 7) is 23.0. The number of nitriles is 1. The van der Waals surface area contributed by atoms with Crippen LogP contribution in [0.1, 0.15) is 23.2 Å². The summed E-state index contributed by atoms with van der Waals surface area (Å²) in [5, 5.41) is 81.7. The van der Waals surface area contributed by atoms with Crippen LogP contribution in [0.4, 0.5) is 34.4 Å². The van der Waals surface area contributed by atoms with E-state index in [4.69, 9.17) is 83.4 Å². The number of anilines is 3. The molecule has 5 aliphatic rings. The van der Waals surface area contributed by atoms with Gasteiger partial charge in [0.05, 0.1) is 119 Å². The van der Waals surface area contributed by atoms with Crippen LogP contribution in [0.2, 0.25) is 0 Å². The van der Waals surface area contributed by atoms with Crippen molar-refractivity contribution >= 4 is 137 Å². The minimum absolute atomic E-state index is 0. The average molecular weight is 2320 g/mol. The van der Waals surface area contributed by atoms with E-state index in [1.807, 2.05) is 73.1 Å². The van der Waals surface area contributed by atoms with Crippen molar-refractivity contribution < 1.29 is 339 Å². The zero-order valence-corrected chi connectivity index (χ0v) is 96.6. The van der Waals surface area contributed by atoms with Gasteiger partial charge in [-0.15, -0.1) is 11.3 Å². The van der Waals surface area contributed by atoms with Crippen LogP contribution >= 0.6 is 59.1 Å². The topological polar surface area (TPSA) is 541 Å². The van der Waals surface area contributed by atoms with Gasteiger partial charge in [-0.1, -0.05) is 65.5 Å². The van der Waals surface area contributed by atoms with E-state index in [0.29, 0.717) is 43.9 Å². The number of nitrogens with two attached hydrogens (primary N) is 1. The summed E-state index contributed by atoms with van der Waals surface area (Å²) >= 11 is 11.2. The van der Waals surface area contributed by atoms with Crippen molar-refractivity contribution in [3.05, 3.63) is 213 Å². The Balaban J connectivity index is -0.000000519. The molecule has 722 valence electrons. The standard InChI is InChI=1S/C28H32N8O4S2.C12H16N2O4.C12H18N2O2.C8H8BrNO3.C7H8O3S.C6H5NO3.C4H9NO.C2H4Br2.2CH2O3.CH3.4K.Pd.H2.2H/c1-2-42(37,38)35-19-28(20-35,8-9-29)36-18-21(17-30-36)25-26-24(7-16-41-26)32-27(33-25)31-22-3-5-23(6-4-22)40-15-12-34-10-13-39-14-11-34;15-14(16)11-1-3-12(4-2-11)18-10-7-13-5-8-17-9-6-13;13-11-1-3-12(4-2-11)16-10-7-14-5-8-15-9-6-14;9-5-6-13-8-3-1-7(2-4-8)10(11)12;1-6-2-4-7(5-3-6)11(8,9)10;8-6-3-1-5(2-4-6)7(9)10;1-3-6-4-2-5-1;3-1-2-4;2*2-1-4-3;;;;;;;;;/h3-7,16-18H,2,8,10-15,19-20H2,1H3,(H,31,32,33);1-4H,5-10H2;1-4H,5-10,13H2;1-4H,5-6H2;2-5H,1H3,(H,8,9,10);1-4,8H;5H,1-4H2;1-2H2;2*1,3H;1H3;;;;;;1H;;/q;;;;;;;;;;-1;4*+1;;;2*-1/p-2. The van der Waals surface area contributed by atoms with Gasteiger partial charge in [-0.3, -0.25) is 63.9 Å². The predicted octanol–water partition coefficient (Wildman–Crippen LogP) is -2.33. The number of thiophene rings is 1. The Labute approximate surface area is 996 Å². The van der Waals surface area contributed by atoms with E-state index in [2.05, 4.69) is 94.1 Å². The Kier molecular flexibility index (Phi) is 76.8. The van der Waals surface area contributed by atoms with Crippen LogP contribution in [-0.2, 0) is 84.4 Å². The molecule has 5 saturated heterocycles. The predicted molar refractivity (Wildman–Crippen MR) is 494 cm³/mol. The molecule has 52 heteroatoms. The monoisotopic (exact) mass is 2310 g/mol. The first-order valence-electron chi connectivity index (χ1n) is 39.3. The number of carbonyl (C=O) groups excluding carboxylic acids is 2. The van der Waals surface area contributed by atoms with Crippen molar-refractivity contribution in [2.24, 2.45) is 0 Å². The summed E-state index contributed by atoms with van der Waals surface area (Å²) in [5.41, 5.74) is 9.87. The fourth-order valence-electron chi connectivity index (χ4n) is 11.3. The van der Waals surface area contributed by atoms with Crippen molar-refractivity contribution in [2.75, 3.05) is 197 Å². The minimum Gasteiger partial charge on any atom is -1.00 e. The molecule has 8 heterocycles. The molecule has 5 fully saturated rings. The van der Waals surface area contributed by atoms with E-state index in [9.17, 15) is 52.4 Å². The number of carbonyl (C=O) groups is 2. The van der Waals surface area contributed by atoms with E-state index in [0.717, 1.165) is 191 Å². The number of nitro groups is 3. The van der Waals surface area contributed by atoms with E-state index in [1.165, 1.54) is 65.0 Å². The van der Waals surface area contributed by atoms with Crippen LogP contribution in [0.5, 0.6) is 28.7 Å². The molecule has 0 radical (unpaired) electrons. The molecule has 9 aromatic rings. The smallest absolute Gasteiger partial charge is 1.00 e. The normalized spacial score (nSPS) is 13.9. The van der Waals surface area contributed by atoms with Crippen LogP contribution in [-0.4, -0.2) is 279 Å². The van der Waals surface area contributed by atoms with Crippen LogP contribution < -0.4 is 251 Å². The van der Waals surface area contributed by atoms with Crippen molar-refractivity contribution in [1.82, 2.24) is 44.1 Å². The number of halogens is 3. The van der Waals surface area contributed by atoms with Gasteiger partial charge >= 0.3 is 206 Å². The molecule has 41 nitrogen and oxygen atoms in total. The second kappa shape index (κ2) is 77.5. The first-order chi connectivity index (χ1) is 61.7. The summed E-state index contributed by atoms with van der Waals surface area (Å²) in [4.78, 5) is 68.3. The molecule has 3 aromatic heterocycles. The van der Waals surface area contributed by atoms with Gasteiger partial charge in [0.2, 0.25) is 16.0 Å². The number of aryl methyl sites for hydroxylation is 1. The summed E-state index contributed by atoms with van der Waals surface area (Å²) in [7, 11) is -7.35. The number of hydrogen-bond donors (Lipinski definition) is 5. The zero-order valence-electron chi connectivity index (χ0n) is 77.3. The average Bonchev–Trinajstić information content (AvgIpc) is 1.39. The summed E-state index contributed by atoms with van der Waals surface area (Å²) < 4.78 is 102. The number of aromatic nitrogens is 4. The van der Waals surface area contributed by atoms with Gasteiger partial charge < -0.3 is 89.9 Å². The van der Waals surface area contributed by atoms with E-state index in [1.54, 1.807) is 65.5 Å². The van der Waals surface area contributed by atoms with Crippen molar-refractivity contribution in [2.45, 2.75) is 30.7 Å². The van der Waals surface area contributed by atoms with Crippen LogP contribution in [0.3, 0.4) is 0 Å². The number of nitrogens with zero attached hydrogens (tertiary/aromatic N) is 12. The van der Waals surface area contributed by atoms with Gasteiger partial charge in [0.15, 0.2) is 0 Å². The van der Waals surface area contributed by atoms with Crippen LogP contribution in [0.15, 0.2) is 174 Å².